The van der Waals surface area contributed by atoms with Gasteiger partial charge in [0.15, 0.2) is 29.1 Å². The van der Waals surface area contributed by atoms with Crippen molar-refractivity contribution >= 4 is 22.6 Å². The summed E-state index contributed by atoms with van der Waals surface area (Å²) < 4.78 is 39.2. The molecule has 0 radical (unpaired) electrons. The van der Waals surface area contributed by atoms with E-state index in [-0.39, 0.29) is 12.4 Å². The average molecular weight is 517 g/mol. The normalized spacial score (nSPS) is 17.0. The Hall–Kier alpha value is -4.86. The van der Waals surface area contributed by atoms with Crippen LogP contribution in [0.2, 0.25) is 0 Å². The molecule has 10 nitrogen and oxygen atoms in total. The van der Waals surface area contributed by atoms with Crippen LogP contribution in [0.1, 0.15) is 17.0 Å². The van der Waals surface area contributed by atoms with E-state index in [1.54, 1.807) is 54.6 Å². The first-order valence-corrected chi connectivity index (χ1v) is 11.7. The van der Waals surface area contributed by atoms with E-state index in [0.717, 1.165) is 0 Å². The summed E-state index contributed by atoms with van der Waals surface area (Å²) >= 11 is 0. The van der Waals surface area contributed by atoms with Crippen LogP contribution in [0.3, 0.4) is 0 Å². The number of carbonyl (C=O) groups excluding carboxylic acids is 1. The molecule has 2 aliphatic heterocycles. The number of benzene rings is 3. The number of methoxy groups -OCH3 is 3. The lowest BCUT2D eigenvalue weighted by Gasteiger charge is -2.21. The Balaban J connectivity index is 1.49. The topological polar surface area (TPSA) is 115 Å². The molecule has 1 N–H and O–H groups in total. The van der Waals surface area contributed by atoms with Gasteiger partial charge in [0.25, 0.3) is 5.91 Å². The molecule has 0 saturated carbocycles. The molecule has 0 bridgehead atoms. The number of hydrogen-bond acceptors (Lipinski definition) is 9. The molecule has 6 rings (SSSR count). The predicted octanol–water partition coefficient (Wildman–Crippen LogP) is 4.08. The highest BCUT2D eigenvalue weighted by molar-refractivity contribution is 5.98. The number of nitrogens with one attached hydrogen (secondary N) is 1. The van der Waals surface area contributed by atoms with Gasteiger partial charge in [-0.1, -0.05) is 12.1 Å². The molecule has 1 aromatic heterocycles. The fourth-order valence-electron chi connectivity index (χ4n) is 4.89. The lowest BCUT2D eigenvalue weighted by Crippen LogP contribution is -2.35. The van der Waals surface area contributed by atoms with Crippen LogP contribution in [0.5, 0.6) is 34.5 Å². The third-order valence-electron chi connectivity index (χ3n) is 6.60. The van der Waals surface area contributed by atoms with E-state index in [2.05, 4.69) is 5.32 Å². The first-order chi connectivity index (χ1) is 18.5. The molecular formula is C28H23NO9. The number of fused-ring (bicyclic) bond motifs is 4. The van der Waals surface area contributed by atoms with Crippen molar-refractivity contribution < 1.29 is 37.6 Å². The number of hydrogen-bond donors (Lipinski definition) is 1. The maximum absolute atomic E-state index is 13.7. The molecule has 10 heteroatoms. The second kappa shape index (κ2) is 9.22. The van der Waals surface area contributed by atoms with Gasteiger partial charge in [-0.05, 0) is 42.0 Å². The number of ether oxygens (including phenoxy) is 6. The van der Waals surface area contributed by atoms with Gasteiger partial charge in [0.2, 0.25) is 12.5 Å². The maximum atomic E-state index is 13.7. The Morgan fingerprint density at radius 1 is 0.921 bits per heavy atom. The zero-order chi connectivity index (χ0) is 26.4. The molecular weight excluding hydrogens is 494 g/mol. The third-order valence-corrected chi connectivity index (χ3v) is 6.60. The van der Waals surface area contributed by atoms with Gasteiger partial charge in [0.05, 0.1) is 38.2 Å². The molecule has 0 saturated heterocycles. The molecule has 4 aromatic rings. The summed E-state index contributed by atoms with van der Waals surface area (Å²) in [5.74, 6) is 1.21. The van der Waals surface area contributed by atoms with E-state index in [9.17, 15) is 9.59 Å². The first kappa shape index (κ1) is 23.5. The number of para-hydroxylation sites is 1. The van der Waals surface area contributed by atoms with E-state index in [1.807, 2.05) is 0 Å². The van der Waals surface area contributed by atoms with Crippen LogP contribution >= 0.6 is 0 Å². The van der Waals surface area contributed by atoms with Gasteiger partial charge in [-0.25, -0.2) is 4.79 Å². The maximum Gasteiger partial charge on any atom is 0.344 e. The van der Waals surface area contributed by atoms with Crippen LogP contribution in [-0.2, 0) is 4.79 Å². The second-order valence-electron chi connectivity index (χ2n) is 8.66. The minimum Gasteiger partial charge on any atom is -0.493 e. The lowest BCUT2D eigenvalue weighted by atomic mass is 9.87. The largest absolute Gasteiger partial charge is 0.493 e. The van der Waals surface area contributed by atoms with Crippen LogP contribution in [-0.4, -0.2) is 40.1 Å². The number of amides is 1. The van der Waals surface area contributed by atoms with Crippen molar-refractivity contribution in [2.45, 2.75) is 12.0 Å². The Morgan fingerprint density at radius 2 is 1.66 bits per heavy atom. The standard InChI is InChI=1S/C28H23NO9/c1-32-20-10-14(11-21(33-2)25(20)34-3)22-23-24(16-6-4-5-7-17(16)37-28(23)31)38-26(22)27(30)29-15-8-9-18-19(12-15)36-13-35-18/h4-12,22,26H,13H2,1-3H3,(H,29,30)/t22-,26-/m0/s1. The summed E-state index contributed by atoms with van der Waals surface area (Å²) in [6.45, 7) is 0.111. The SMILES string of the molecule is COc1cc([C@H]2c3c(c4ccccc4oc3=O)O[C@@H]2C(=O)Nc2ccc3c(c2)OCO3)cc(OC)c1OC. The quantitative estimate of drug-likeness (QED) is 0.378. The highest BCUT2D eigenvalue weighted by Gasteiger charge is 2.45. The van der Waals surface area contributed by atoms with Crippen molar-refractivity contribution in [3.63, 3.8) is 0 Å². The fourth-order valence-corrected chi connectivity index (χ4v) is 4.89. The van der Waals surface area contributed by atoms with Gasteiger partial charge >= 0.3 is 5.63 Å². The van der Waals surface area contributed by atoms with Gasteiger partial charge in [0.1, 0.15) is 11.3 Å². The van der Waals surface area contributed by atoms with Gasteiger partial charge in [-0.3, -0.25) is 4.79 Å². The number of carbonyl (C=O) groups is 1. The highest BCUT2D eigenvalue weighted by atomic mass is 16.7. The van der Waals surface area contributed by atoms with Crippen LogP contribution in [0.15, 0.2) is 63.8 Å². The molecule has 0 aliphatic carbocycles. The second-order valence-corrected chi connectivity index (χ2v) is 8.66. The molecule has 0 spiro atoms. The molecule has 2 atom stereocenters. The summed E-state index contributed by atoms with van der Waals surface area (Å²) in [5, 5.41) is 3.46. The van der Waals surface area contributed by atoms with Crippen LogP contribution < -0.4 is 39.4 Å². The fraction of sp³-hybridized carbons (Fsp3) is 0.214. The van der Waals surface area contributed by atoms with Crippen molar-refractivity contribution in [1.29, 1.82) is 0 Å². The Labute approximate surface area is 216 Å². The van der Waals surface area contributed by atoms with Crippen LogP contribution in [0, 0.1) is 0 Å². The molecule has 194 valence electrons. The summed E-state index contributed by atoms with van der Waals surface area (Å²) in [7, 11) is 4.48. The van der Waals surface area contributed by atoms with Crippen molar-refractivity contribution in [3.05, 3.63) is 76.1 Å². The van der Waals surface area contributed by atoms with E-state index in [4.69, 9.17) is 32.8 Å². The Morgan fingerprint density at radius 3 is 2.39 bits per heavy atom. The minimum atomic E-state index is -1.12. The summed E-state index contributed by atoms with van der Waals surface area (Å²) in [6, 6.07) is 15.5. The zero-order valence-electron chi connectivity index (χ0n) is 20.7. The van der Waals surface area contributed by atoms with Gasteiger partial charge in [-0.15, -0.1) is 0 Å². The number of anilines is 1. The van der Waals surface area contributed by atoms with E-state index < -0.39 is 23.6 Å². The lowest BCUT2D eigenvalue weighted by molar-refractivity contribution is -0.122. The molecule has 3 aromatic carbocycles. The zero-order valence-corrected chi connectivity index (χ0v) is 20.7. The summed E-state index contributed by atoms with van der Waals surface area (Å²) in [6.07, 6.45) is -1.12. The van der Waals surface area contributed by atoms with E-state index in [1.165, 1.54) is 21.3 Å². The van der Waals surface area contributed by atoms with Crippen molar-refractivity contribution in [2.24, 2.45) is 0 Å². The monoisotopic (exact) mass is 517 g/mol. The number of rotatable bonds is 6. The van der Waals surface area contributed by atoms with Crippen LogP contribution in [0.25, 0.3) is 11.0 Å². The summed E-state index contributed by atoms with van der Waals surface area (Å²) in [5.41, 5.74) is 1.02. The Kier molecular flexibility index (Phi) is 5.71. The van der Waals surface area contributed by atoms with Gasteiger partial charge < -0.3 is 38.2 Å². The molecule has 38 heavy (non-hydrogen) atoms. The average Bonchev–Trinajstić information content (AvgIpc) is 3.57. The molecule has 2 aliphatic rings. The first-order valence-electron chi connectivity index (χ1n) is 11.7. The van der Waals surface area contributed by atoms with Crippen LogP contribution in [0.4, 0.5) is 5.69 Å². The Bertz CT molecular complexity index is 1600. The minimum absolute atomic E-state index is 0.111. The van der Waals surface area contributed by atoms with Gasteiger partial charge in [-0.2, -0.15) is 0 Å². The van der Waals surface area contributed by atoms with Crippen molar-refractivity contribution in [3.8, 4) is 34.5 Å². The predicted molar refractivity (Wildman–Crippen MR) is 136 cm³/mol. The molecule has 0 unspecified atom stereocenters. The summed E-state index contributed by atoms with van der Waals surface area (Å²) in [4.78, 5) is 27.0. The highest BCUT2D eigenvalue weighted by Crippen LogP contribution is 2.48. The third kappa shape index (κ3) is 3.73. The molecule has 1 amide bonds. The molecule has 3 heterocycles. The van der Waals surface area contributed by atoms with Crippen molar-refractivity contribution in [2.75, 3.05) is 33.4 Å². The molecule has 0 fully saturated rings. The van der Waals surface area contributed by atoms with E-state index >= 15 is 0 Å². The van der Waals surface area contributed by atoms with E-state index in [0.29, 0.717) is 56.7 Å². The van der Waals surface area contributed by atoms with Crippen molar-refractivity contribution in [1.82, 2.24) is 0 Å². The van der Waals surface area contributed by atoms with Gasteiger partial charge in [0, 0.05) is 11.8 Å². The smallest absolute Gasteiger partial charge is 0.344 e.